The van der Waals surface area contributed by atoms with Crippen LogP contribution in [-0.2, 0) is 16.0 Å². The molecule has 0 heterocycles. The fourth-order valence-corrected chi connectivity index (χ4v) is 3.00. The molecule has 0 bridgehead atoms. The minimum atomic E-state index is -0.157. The van der Waals surface area contributed by atoms with Crippen molar-refractivity contribution in [3.63, 3.8) is 0 Å². The number of unbranched alkanes of at least 4 members (excludes halogenated alkanes) is 6. The second kappa shape index (κ2) is 15.0. The van der Waals surface area contributed by atoms with Crippen molar-refractivity contribution in [3.05, 3.63) is 48.6 Å². The average Bonchev–Trinajstić information content (AvgIpc) is 2.69. The van der Waals surface area contributed by atoms with E-state index in [1.54, 1.807) is 6.08 Å². The summed E-state index contributed by atoms with van der Waals surface area (Å²) in [6.07, 6.45) is 12.5. The SMILES string of the molecule is C=CC(CCCCCCCCC)NC(=O)CNC(=O)CCc1ccccc1. The minimum absolute atomic E-state index is 0.0191. The molecule has 27 heavy (non-hydrogen) atoms. The van der Waals surface area contributed by atoms with Gasteiger partial charge in [-0.1, -0.05) is 88.3 Å². The van der Waals surface area contributed by atoms with Gasteiger partial charge in [0.1, 0.15) is 0 Å². The van der Waals surface area contributed by atoms with E-state index in [4.69, 9.17) is 0 Å². The highest BCUT2D eigenvalue weighted by atomic mass is 16.2. The summed E-state index contributed by atoms with van der Waals surface area (Å²) >= 11 is 0. The van der Waals surface area contributed by atoms with Crippen LogP contribution in [0.25, 0.3) is 0 Å². The lowest BCUT2D eigenvalue weighted by atomic mass is 10.1. The number of benzene rings is 1. The molecule has 0 aliphatic rings. The first kappa shape index (κ1) is 22.9. The topological polar surface area (TPSA) is 58.2 Å². The van der Waals surface area contributed by atoms with Crippen LogP contribution in [-0.4, -0.2) is 24.4 Å². The van der Waals surface area contributed by atoms with Crippen molar-refractivity contribution in [2.45, 2.75) is 77.2 Å². The van der Waals surface area contributed by atoms with Gasteiger partial charge in [0.05, 0.1) is 6.54 Å². The number of nitrogens with one attached hydrogen (secondary N) is 2. The zero-order valence-electron chi connectivity index (χ0n) is 16.8. The molecule has 2 amide bonds. The Kier molecular flexibility index (Phi) is 12.7. The fourth-order valence-electron chi connectivity index (χ4n) is 3.00. The molecule has 0 aliphatic carbocycles. The third-order valence-corrected chi connectivity index (χ3v) is 4.68. The van der Waals surface area contributed by atoms with Crippen LogP contribution in [0.2, 0.25) is 0 Å². The highest BCUT2D eigenvalue weighted by Gasteiger charge is 2.10. The van der Waals surface area contributed by atoms with Crippen molar-refractivity contribution in [1.29, 1.82) is 0 Å². The van der Waals surface area contributed by atoms with Crippen LogP contribution in [0.1, 0.15) is 70.3 Å². The lowest BCUT2D eigenvalue weighted by Gasteiger charge is -2.15. The molecule has 4 heteroatoms. The first-order chi connectivity index (χ1) is 13.2. The normalized spacial score (nSPS) is 11.6. The fraction of sp³-hybridized carbons (Fsp3) is 0.565. The van der Waals surface area contributed by atoms with Gasteiger partial charge in [-0.05, 0) is 18.4 Å². The van der Waals surface area contributed by atoms with Gasteiger partial charge >= 0.3 is 0 Å². The predicted molar refractivity (Wildman–Crippen MR) is 113 cm³/mol. The molecule has 1 unspecified atom stereocenters. The third-order valence-electron chi connectivity index (χ3n) is 4.68. The number of aryl methyl sites for hydroxylation is 1. The van der Waals surface area contributed by atoms with E-state index < -0.39 is 0 Å². The lowest BCUT2D eigenvalue weighted by Crippen LogP contribution is -2.41. The molecule has 150 valence electrons. The number of hydrogen-bond acceptors (Lipinski definition) is 2. The minimum Gasteiger partial charge on any atom is -0.348 e. The molecule has 1 aromatic carbocycles. The summed E-state index contributed by atoms with van der Waals surface area (Å²) in [5.41, 5.74) is 1.12. The zero-order chi connectivity index (χ0) is 19.7. The quantitative estimate of drug-likeness (QED) is 0.351. The Balaban J connectivity index is 2.12. The van der Waals surface area contributed by atoms with E-state index in [-0.39, 0.29) is 24.4 Å². The number of hydrogen-bond donors (Lipinski definition) is 2. The number of rotatable bonds is 15. The van der Waals surface area contributed by atoms with Crippen molar-refractivity contribution in [3.8, 4) is 0 Å². The van der Waals surface area contributed by atoms with Crippen molar-refractivity contribution in [2.24, 2.45) is 0 Å². The van der Waals surface area contributed by atoms with Gasteiger partial charge in [0.15, 0.2) is 0 Å². The van der Waals surface area contributed by atoms with Crippen molar-refractivity contribution in [1.82, 2.24) is 10.6 Å². The van der Waals surface area contributed by atoms with Gasteiger partial charge in [-0.3, -0.25) is 9.59 Å². The highest BCUT2D eigenvalue weighted by Crippen LogP contribution is 2.10. The van der Waals surface area contributed by atoms with Crippen LogP contribution < -0.4 is 10.6 Å². The number of carbonyl (C=O) groups excluding carboxylic acids is 2. The molecule has 4 nitrogen and oxygen atoms in total. The Morgan fingerprint density at radius 3 is 2.33 bits per heavy atom. The maximum absolute atomic E-state index is 12.0. The molecule has 0 fully saturated rings. The molecule has 0 aromatic heterocycles. The highest BCUT2D eigenvalue weighted by molar-refractivity contribution is 5.84. The Bertz CT molecular complexity index is 543. The molecular formula is C23H36N2O2. The molecule has 1 rings (SSSR count). The summed E-state index contributed by atoms with van der Waals surface area (Å²) in [5.74, 6) is -0.257. The number of carbonyl (C=O) groups is 2. The summed E-state index contributed by atoms with van der Waals surface area (Å²) in [6.45, 7) is 6.06. The van der Waals surface area contributed by atoms with Crippen molar-refractivity contribution >= 4 is 11.8 Å². The molecule has 0 aliphatic heterocycles. The Morgan fingerprint density at radius 1 is 1.00 bits per heavy atom. The van der Waals surface area contributed by atoms with Crippen LogP contribution >= 0.6 is 0 Å². The van der Waals surface area contributed by atoms with Crippen molar-refractivity contribution in [2.75, 3.05) is 6.54 Å². The predicted octanol–water partition coefficient (Wildman–Crippen LogP) is 4.55. The van der Waals surface area contributed by atoms with Gasteiger partial charge in [0, 0.05) is 12.5 Å². The second-order valence-corrected chi connectivity index (χ2v) is 7.08. The molecule has 1 atom stereocenters. The lowest BCUT2D eigenvalue weighted by molar-refractivity contribution is -0.126. The summed E-state index contributed by atoms with van der Waals surface area (Å²) in [6, 6.07) is 9.85. The third kappa shape index (κ3) is 12.0. The van der Waals surface area contributed by atoms with Gasteiger partial charge in [-0.25, -0.2) is 0 Å². The van der Waals surface area contributed by atoms with Gasteiger partial charge in [-0.15, -0.1) is 6.58 Å². The van der Waals surface area contributed by atoms with Crippen LogP contribution in [0.5, 0.6) is 0 Å². The molecule has 0 radical (unpaired) electrons. The monoisotopic (exact) mass is 372 g/mol. The summed E-state index contributed by atoms with van der Waals surface area (Å²) < 4.78 is 0. The van der Waals surface area contributed by atoms with Crippen LogP contribution in [0.3, 0.4) is 0 Å². The molecule has 0 spiro atoms. The van der Waals surface area contributed by atoms with Gasteiger partial charge in [-0.2, -0.15) is 0 Å². The van der Waals surface area contributed by atoms with E-state index in [1.165, 1.54) is 38.5 Å². The summed E-state index contributed by atoms with van der Waals surface area (Å²) in [7, 11) is 0. The largest absolute Gasteiger partial charge is 0.348 e. The first-order valence-electron chi connectivity index (χ1n) is 10.4. The molecule has 2 N–H and O–H groups in total. The Hall–Kier alpha value is -2.10. The smallest absolute Gasteiger partial charge is 0.239 e. The Morgan fingerprint density at radius 2 is 1.67 bits per heavy atom. The van der Waals surface area contributed by atoms with E-state index in [2.05, 4.69) is 24.1 Å². The van der Waals surface area contributed by atoms with Gasteiger partial charge < -0.3 is 10.6 Å². The van der Waals surface area contributed by atoms with E-state index >= 15 is 0 Å². The zero-order valence-corrected chi connectivity index (χ0v) is 16.8. The number of amides is 2. The van der Waals surface area contributed by atoms with Crippen molar-refractivity contribution < 1.29 is 9.59 Å². The van der Waals surface area contributed by atoms with E-state index in [0.29, 0.717) is 12.8 Å². The van der Waals surface area contributed by atoms with Crippen LogP contribution in [0, 0.1) is 0 Å². The van der Waals surface area contributed by atoms with E-state index in [1.807, 2.05) is 30.3 Å². The van der Waals surface area contributed by atoms with E-state index in [9.17, 15) is 9.59 Å². The van der Waals surface area contributed by atoms with Gasteiger partial charge in [0.25, 0.3) is 0 Å². The standard InChI is InChI=1S/C23H36N2O2/c1-3-5-6-7-8-9-13-16-21(4-2)25-23(27)19-24-22(26)18-17-20-14-11-10-12-15-20/h4,10-12,14-15,21H,2-3,5-9,13,16-19H2,1H3,(H,24,26)(H,25,27). The molecule has 0 saturated heterocycles. The average molecular weight is 373 g/mol. The first-order valence-corrected chi connectivity index (χ1v) is 10.4. The summed E-state index contributed by atoms with van der Waals surface area (Å²) in [5, 5.41) is 5.63. The maximum atomic E-state index is 12.0. The van der Waals surface area contributed by atoms with Gasteiger partial charge in [0.2, 0.25) is 11.8 Å². The molecule has 1 aromatic rings. The summed E-state index contributed by atoms with van der Waals surface area (Å²) in [4.78, 5) is 23.9. The molecular weight excluding hydrogens is 336 g/mol. The molecule has 0 saturated carbocycles. The Labute approximate surface area is 164 Å². The maximum Gasteiger partial charge on any atom is 0.239 e. The van der Waals surface area contributed by atoms with Crippen LogP contribution in [0.4, 0.5) is 0 Å². The van der Waals surface area contributed by atoms with E-state index in [0.717, 1.165) is 18.4 Å². The van der Waals surface area contributed by atoms with Crippen LogP contribution in [0.15, 0.2) is 43.0 Å². The second-order valence-electron chi connectivity index (χ2n) is 7.08.